The Bertz CT molecular complexity index is 801. The van der Waals surface area contributed by atoms with Crippen LogP contribution in [0.15, 0.2) is 42.5 Å². The zero-order valence-electron chi connectivity index (χ0n) is 16.5. The molecule has 2 aromatic carbocycles. The van der Waals surface area contributed by atoms with Gasteiger partial charge in [-0.1, -0.05) is 0 Å². The van der Waals surface area contributed by atoms with Crippen LogP contribution in [0.25, 0.3) is 6.08 Å². The van der Waals surface area contributed by atoms with Crippen molar-refractivity contribution >= 4 is 12.0 Å². The molecular formula is C21H25NO6. The van der Waals surface area contributed by atoms with Gasteiger partial charge >= 0.3 is 0 Å². The summed E-state index contributed by atoms with van der Waals surface area (Å²) in [6.45, 7) is 0.726. The third-order valence-electron chi connectivity index (χ3n) is 3.88. The molecule has 0 aliphatic heterocycles. The molecule has 0 aromatic heterocycles. The van der Waals surface area contributed by atoms with Gasteiger partial charge in [-0.2, -0.15) is 0 Å². The summed E-state index contributed by atoms with van der Waals surface area (Å²) < 4.78 is 26.5. The van der Waals surface area contributed by atoms with E-state index in [0.29, 0.717) is 41.7 Å². The Kier molecular flexibility index (Phi) is 8.02. The van der Waals surface area contributed by atoms with Gasteiger partial charge in [-0.15, -0.1) is 0 Å². The van der Waals surface area contributed by atoms with Gasteiger partial charge in [0.25, 0.3) is 0 Å². The summed E-state index contributed by atoms with van der Waals surface area (Å²) in [5.41, 5.74) is 0.699. The molecule has 1 amide bonds. The van der Waals surface area contributed by atoms with Crippen molar-refractivity contribution in [3.63, 3.8) is 0 Å². The number of hydrogen-bond acceptors (Lipinski definition) is 6. The van der Waals surface area contributed by atoms with Gasteiger partial charge in [-0.25, -0.2) is 0 Å². The highest BCUT2D eigenvalue weighted by Gasteiger charge is 2.10. The van der Waals surface area contributed by atoms with Crippen LogP contribution in [-0.4, -0.2) is 47.5 Å². The number of ether oxygens (including phenoxy) is 5. The van der Waals surface area contributed by atoms with Gasteiger partial charge in [0.15, 0.2) is 11.5 Å². The molecule has 0 aliphatic rings. The molecule has 0 saturated heterocycles. The van der Waals surface area contributed by atoms with Crippen LogP contribution in [0.3, 0.4) is 0 Å². The first-order valence-electron chi connectivity index (χ1n) is 8.64. The second-order valence-corrected chi connectivity index (χ2v) is 5.60. The lowest BCUT2D eigenvalue weighted by atomic mass is 10.1. The molecule has 1 N–H and O–H groups in total. The average Bonchev–Trinajstić information content (AvgIpc) is 2.74. The number of methoxy groups -OCH3 is 4. The number of carbonyl (C=O) groups is 1. The lowest BCUT2D eigenvalue weighted by Crippen LogP contribution is -2.26. The van der Waals surface area contributed by atoms with Crippen molar-refractivity contribution in [1.29, 1.82) is 0 Å². The van der Waals surface area contributed by atoms with Crippen molar-refractivity contribution in [2.45, 2.75) is 0 Å². The van der Waals surface area contributed by atoms with Gasteiger partial charge in [-0.3, -0.25) is 4.79 Å². The minimum absolute atomic E-state index is 0.241. The minimum atomic E-state index is -0.241. The summed E-state index contributed by atoms with van der Waals surface area (Å²) in [5.74, 6) is 2.91. The topological polar surface area (TPSA) is 75.3 Å². The maximum absolute atomic E-state index is 12.0. The number of nitrogens with one attached hydrogen (secondary N) is 1. The Balaban J connectivity index is 1.87. The van der Waals surface area contributed by atoms with E-state index in [-0.39, 0.29) is 5.91 Å². The van der Waals surface area contributed by atoms with E-state index >= 15 is 0 Å². The molecule has 150 valence electrons. The third kappa shape index (κ3) is 5.84. The van der Waals surface area contributed by atoms with E-state index in [1.54, 1.807) is 46.6 Å². The van der Waals surface area contributed by atoms with Crippen molar-refractivity contribution in [2.75, 3.05) is 41.6 Å². The Hall–Kier alpha value is -3.35. The predicted molar refractivity (Wildman–Crippen MR) is 107 cm³/mol. The monoisotopic (exact) mass is 387 g/mol. The van der Waals surface area contributed by atoms with Crippen LogP contribution in [0, 0.1) is 0 Å². The van der Waals surface area contributed by atoms with Gasteiger partial charge in [0.05, 0.1) is 35.0 Å². The highest BCUT2D eigenvalue weighted by Crippen LogP contribution is 2.35. The summed E-state index contributed by atoms with van der Waals surface area (Å²) in [6, 6.07) is 10.7. The van der Waals surface area contributed by atoms with Crippen LogP contribution < -0.4 is 29.0 Å². The summed E-state index contributed by atoms with van der Waals surface area (Å²) in [4.78, 5) is 12.0. The van der Waals surface area contributed by atoms with Crippen LogP contribution in [0.2, 0.25) is 0 Å². The lowest BCUT2D eigenvalue weighted by Gasteiger charge is -2.12. The normalized spacial score (nSPS) is 10.4. The molecule has 2 aromatic rings. The van der Waals surface area contributed by atoms with E-state index in [0.717, 1.165) is 5.75 Å². The maximum atomic E-state index is 12.0. The average molecular weight is 387 g/mol. The smallest absolute Gasteiger partial charge is 0.244 e. The third-order valence-corrected chi connectivity index (χ3v) is 3.88. The van der Waals surface area contributed by atoms with Gasteiger partial charge in [0, 0.05) is 17.7 Å². The van der Waals surface area contributed by atoms with E-state index in [4.69, 9.17) is 23.7 Å². The number of amides is 1. The quantitative estimate of drug-likeness (QED) is 0.499. The summed E-state index contributed by atoms with van der Waals surface area (Å²) in [5, 5.41) is 2.76. The number of carbonyl (C=O) groups excluding carboxylic acids is 1. The summed E-state index contributed by atoms with van der Waals surface area (Å²) in [6.07, 6.45) is 3.08. The Morgan fingerprint density at radius 3 is 2.07 bits per heavy atom. The SMILES string of the molecule is COc1ccc(OCCNC(=O)/C=C/c2cc(OC)c(OC)cc2OC)cc1. The summed E-state index contributed by atoms with van der Waals surface area (Å²) in [7, 11) is 6.26. The minimum Gasteiger partial charge on any atom is -0.497 e. The Morgan fingerprint density at radius 1 is 0.857 bits per heavy atom. The van der Waals surface area contributed by atoms with Crippen molar-refractivity contribution in [2.24, 2.45) is 0 Å². The molecule has 0 bridgehead atoms. The van der Waals surface area contributed by atoms with Gasteiger partial charge in [0.2, 0.25) is 5.91 Å². The van der Waals surface area contributed by atoms with Crippen LogP contribution in [0.1, 0.15) is 5.56 Å². The van der Waals surface area contributed by atoms with Crippen LogP contribution in [0.5, 0.6) is 28.7 Å². The van der Waals surface area contributed by atoms with Crippen molar-refractivity contribution in [1.82, 2.24) is 5.32 Å². The molecule has 0 spiro atoms. The maximum Gasteiger partial charge on any atom is 0.244 e. The van der Waals surface area contributed by atoms with Crippen molar-refractivity contribution < 1.29 is 28.5 Å². The van der Waals surface area contributed by atoms with Gasteiger partial charge in [-0.05, 0) is 36.4 Å². The molecule has 7 nitrogen and oxygen atoms in total. The van der Waals surface area contributed by atoms with E-state index < -0.39 is 0 Å². The van der Waals surface area contributed by atoms with Crippen LogP contribution >= 0.6 is 0 Å². The Morgan fingerprint density at radius 2 is 1.46 bits per heavy atom. The molecule has 0 heterocycles. The standard InChI is InChI=1S/C21H25NO6/c1-24-16-6-8-17(9-7-16)28-12-11-22-21(23)10-5-15-13-19(26-3)20(27-4)14-18(15)25-2/h5-10,13-14H,11-12H2,1-4H3,(H,22,23)/b10-5+. The molecule has 0 aliphatic carbocycles. The second-order valence-electron chi connectivity index (χ2n) is 5.60. The number of hydrogen-bond donors (Lipinski definition) is 1. The van der Waals surface area contributed by atoms with Crippen LogP contribution in [-0.2, 0) is 4.79 Å². The van der Waals surface area contributed by atoms with Gasteiger partial charge in [0.1, 0.15) is 23.9 Å². The highest BCUT2D eigenvalue weighted by molar-refractivity contribution is 5.92. The highest BCUT2D eigenvalue weighted by atomic mass is 16.5. The van der Waals surface area contributed by atoms with Crippen molar-refractivity contribution in [3.8, 4) is 28.7 Å². The van der Waals surface area contributed by atoms with E-state index in [9.17, 15) is 4.79 Å². The molecule has 0 atom stereocenters. The Labute approximate surface area is 164 Å². The molecule has 0 fully saturated rings. The largest absolute Gasteiger partial charge is 0.497 e. The molecule has 0 unspecified atom stereocenters. The number of benzene rings is 2. The zero-order chi connectivity index (χ0) is 20.4. The molecule has 2 rings (SSSR count). The predicted octanol–water partition coefficient (Wildman–Crippen LogP) is 2.93. The molecule has 0 radical (unpaired) electrons. The van der Waals surface area contributed by atoms with Gasteiger partial charge < -0.3 is 29.0 Å². The van der Waals surface area contributed by atoms with Crippen molar-refractivity contribution in [3.05, 3.63) is 48.0 Å². The molecule has 0 saturated carbocycles. The fraction of sp³-hybridized carbons (Fsp3) is 0.286. The fourth-order valence-corrected chi connectivity index (χ4v) is 2.42. The first-order valence-corrected chi connectivity index (χ1v) is 8.64. The van der Waals surface area contributed by atoms with E-state index in [1.807, 2.05) is 24.3 Å². The summed E-state index contributed by atoms with van der Waals surface area (Å²) >= 11 is 0. The zero-order valence-corrected chi connectivity index (χ0v) is 16.5. The number of rotatable bonds is 10. The van der Waals surface area contributed by atoms with E-state index in [1.165, 1.54) is 6.08 Å². The second kappa shape index (κ2) is 10.7. The van der Waals surface area contributed by atoms with E-state index in [2.05, 4.69) is 5.32 Å². The fourth-order valence-electron chi connectivity index (χ4n) is 2.42. The molecule has 7 heteroatoms. The van der Waals surface area contributed by atoms with Crippen LogP contribution in [0.4, 0.5) is 0 Å². The lowest BCUT2D eigenvalue weighted by molar-refractivity contribution is -0.116. The molecule has 28 heavy (non-hydrogen) atoms. The first-order chi connectivity index (χ1) is 13.6. The first kappa shape index (κ1) is 21.0. The molecular weight excluding hydrogens is 362 g/mol.